The molecule has 0 saturated carbocycles. The van der Waals surface area contributed by atoms with Gasteiger partial charge in [0.05, 0.1) is 27.2 Å². The number of sulfonamides is 1. The molecule has 0 aliphatic carbocycles. The lowest BCUT2D eigenvalue weighted by Gasteiger charge is -2.33. The largest absolute Gasteiger partial charge is 0.494 e. The Morgan fingerprint density at radius 3 is 2.12 bits per heavy atom. The minimum Gasteiger partial charge on any atom is -0.494 e. The topological polar surface area (TPSA) is 96.0 Å². The zero-order chi connectivity index (χ0) is 31.7. The van der Waals surface area contributed by atoms with Crippen LogP contribution in [0.3, 0.4) is 0 Å². The number of halogens is 3. The predicted molar refractivity (Wildman–Crippen MR) is 173 cm³/mol. The van der Waals surface area contributed by atoms with E-state index < -0.39 is 28.5 Å². The molecule has 3 aromatic rings. The van der Waals surface area contributed by atoms with Gasteiger partial charge in [0.25, 0.3) is 10.0 Å². The van der Waals surface area contributed by atoms with E-state index in [0.29, 0.717) is 46.0 Å². The normalized spacial score (nSPS) is 12.1. The van der Waals surface area contributed by atoms with E-state index in [9.17, 15) is 18.0 Å². The summed E-state index contributed by atoms with van der Waals surface area (Å²) in [4.78, 5) is 28.8. The fraction of sp³-hybridized carbons (Fsp3) is 0.355. The molecule has 3 rings (SSSR count). The van der Waals surface area contributed by atoms with Crippen LogP contribution in [0.25, 0.3) is 0 Å². The second-order valence-electron chi connectivity index (χ2n) is 10.2. The Hall–Kier alpha value is -2.98. The Morgan fingerprint density at radius 1 is 0.907 bits per heavy atom. The van der Waals surface area contributed by atoms with Crippen LogP contribution in [0.5, 0.6) is 5.75 Å². The lowest BCUT2D eigenvalue weighted by atomic mass is 10.1. The van der Waals surface area contributed by atoms with Gasteiger partial charge in [0, 0.05) is 18.1 Å². The molecule has 43 heavy (non-hydrogen) atoms. The zero-order valence-corrected chi connectivity index (χ0v) is 27.6. The summed E-state index contributed by atoms with van der Waals surface area (Å²) < 4.78 is 34.5. The average molecular weight is 669 g/mol. The van der Waals surface area contributed by atoms with Gasteiger partial charge in [-0.15, -0.1) is 0 Å². The van der Waals surface area contributed by atoms with E-state index in [1.54, 1.807) is 49.4 Å². The third-order valence-electron chi connectivity index (χ3n) is 6.52. The van der Waals surface area contributed by atoms with Crippen molar-refractivity contribution in [3.63, 3.8) is 0 Å². The van der Waals surface area contributed by atoms with Crippen LogP contribution in [0.4, 0.5) is 5.69 Å². The van der Waals surface area contributed by atoms with Gasteiger partial charge in [-0.3, -0.25) is 13.9 Å². The van der Waals surface area contributed by atoms with Gasteiger partial charge in [-0.05, 0) is 85.5 Å². The van der Waals surface area contributed by atoms with Crippen LogP contribution >= 0.6 is 34.8 Å². The number of amides is 2. The molecule has 1 N–H and O–H groups in total. The van der Waals surface area contributed by atoms with E-state index in [4.69, 9.17) is 39.5 Å². The molecule has 0 saturated heterocycles. The standard InChI is InChI=1S/C31H36Cl3N3O5S/c1-5-29(31(39)35-18-21(3)4)36(19-22-7-16-27(33)28(34)17-22)30(38)20-37(24-10-12-25(13-11-24)42-6-2)43(40,41)26-14-8-23(32)9-15-26/h7-17,21,29H,5-6,18-20H2,1-4H3,(H,35,39)/t29-/m1/s1. The van der Waals surface area contributed by atoms with Gasteiger partial charge in [0.2, 0.25) is 11.8 Å². The summed E-state index contributed by atoms with van der Waals surface area (Å²) in [5, 5.41) is 3.91. The highest BCUT2D eigenvalue weighted by atomic mass is 35.5. The number of hydrogen-bond acceptors (Lipinski definition) is 5. The van der Waals surface area contributed by atoms with Crippen molar-refractivity contribution in [1.29, 1.82) is 0 Å². The summed E-state index contributed by atoms with van der Waals surface area (Å²) in [6.45, 7) is 7.86. The van der Waals surface area contributed by atoms with Gasteiger partial charge in [0.15, 0.2) is 0 Å². The van der Waals surface area contributed by atoms with Crippen LogP contribution in [0, 0.1) is 5.92 Å². The first-order chi connectivity index (χ1) is 20.4. The lowest BCUT2D eigenvalue weighted by Crippen LogP contribution is -2.52. The van der Waals surface area contributed by atoms with Crippen LogP contribution < -0.4 is 14.4 Å². The van der Waals surface area contributed by atoms with E-state index in [0.717, 1.165) is 4.31 Å². The van der Waals surface area contributed by atoms with Crippen molar-refractivity contribution < 1.29 is 22.7 Å². The summed E-state index contributed by atoms with van der Waals surface area (Å²) >= 11 is 18.4. The Bertz CT molecular complexity index is 1500. The van der Waals surface area contributed by atoms with Crippen molar-refractivity contribution in [3.05, 3.63) is 87.4 Å². The second kappa shape index (κ2) is 15.7. The van der Waals surface area contributed by atoms with Crippen LogP contribution in [0.15, 0.2) is 71.6 Å². The Kier molecular flexibility index (Phi) is 12.6. The molecule has 0 aromatic heterocycles. The van der Waals surface area contributed by atoms with Crippen LogP contribution in [0.2, 0.25) is 15.1 Å². The fourth-order valence-electron chi connectivity index (χ4n) is 4.31. The van der Waals surface area contributed by atoms with Crippen LogP contribution in [-0.4, -0.2) is 50.9 Å². The van der Waals surface area contributed by atoms with Gasteiger partial charge in [-0.1, -0.05) is 61.6 Å². The van der Waals surface area contributed by atoms with Crippen molar-refractivity contribution in [1.82, 2.24) is 10.2 Å². The first-order valence-corrected chi connectivity index (χ1v) is 16.5. The summed E-state index contributed by atoms with van der Waals surface area (Å²) in [6.07, 6.45) is 0.296. The van der Waals surface area contributed by atoms with Crippen LogP contribution in [-0.2, 0) is 26.2 Å². The molecule has 0 spiro atoms. The minimum absolute atomic E-state index is 0.00143. The quantitative estimate of drug-likeness (QED) is 0.203. The summed E-state index contributed by atoms with van der Waals surface area (Å²) in [6, 6.07) is 16.2. The first-order valence-electron chi connectivity index (χ1n) is 13.9. The number of anilines is 1. The summed E-state index contributed by atoms with van der Waals surface area (Å²) in [5.41, 5.74) is 0.879. The van der Waals surface area contributed by atoms with Gasteiger partial charge in [0.1, 0.15) is 18.3 Å². The fourth-order valence-corrected chi connectivity index (χ4v) is 6.18. The van der Waals surface area contributed by atoms with E-state index >= 15 is 0 Å². The molecule has 0 heterocycles. The van der Waals surface area contributed by atoms with Gasteiger partial charge in [-0.25, -0.2) is 8.42 Å². The maximum atomic E-state index is 14.2. The minimum atomic E-state index is -4.24. The van der Waals surface area contributed by atoms with Gasteiger partial charge >= 0.3 is 0 Å². The Morgan fingerprint density at radius 2 is 1.56 bits per heavy atom. The molecular formula is C31H36Cl3N3O5S. The number of ether oxygens (including phenoxy) is 1. The summed E-state index contributed by atoms with van der Waals surface area (Å²) in [7, 11) is -4.24. The second-order valence-corrected chi connectivity index (χ2v) is 13.3. The van der Waals surface area contributed by atoms with Crippen molar-refractivity contribution in [2.45, 2.75) is 51.6 Å². The first kappa shape index (κ1) is 34.5. The highest BCUT2D eigenvalue weighted by Crippen LogP contribution is 2.28. The lowest BCUT2D eigenvalue weighted by molar-refractivity contribution is -0.140. The average Bonchev–Trinajstić information content (AvgIpc) is 2.97. The van der Waals surface area contributed by atoms with Crippen LogP contribution in [0.1, 0.15) is 39.7 Å². The monoisotopic (exact) mass is 667 g/mol. The number of carbonyl (C=O) groups is 2. The number of benzene rings is 3. The van der Waals surface area contributed by atoms with Gasteiger partial charge < -0.3 is 15.0 Å². The molecule has 0 fully saturated rings. The van der Waals surface area contributed by atoms with Crippen molar-refractivity contribution in [2.75, 3.05) is 24.0 Å². The molecular weight excluding hydrogens is 633 g/mol. The molecule has 0 bridgehead atoms. The van der Waals surface area contributed by atoms with E-state index in [2.05, 4.69) is 5.32 Å². The van der Waals surface area contributed by atoms with Crippen molar-refractivity contribution in [3.8, 4) is 5.75 Å². The third-order valence-corrected chi connectivity index (χ3v) is 9.30. The highest BCUT2D eigenvalue weighted by molar-refractivity contribution is 7.92. The molecule has 0 radical (unpaired) electrons. The molecule has 0 aliphatic heterocycles. The van der Waals surface area contributed by atoms with E-state index in [-0.39, 0.29) is 29.0 Å². The molecule has 0 unspecified atom stereocenters. The predicted octanol–water partition coefficient (Wildman–Crippen LogP) is 6.82. The molecule has 232 valence electrons. The van der Waals surface area contributed by atoms with Crippen molar-refractivity contribution in [2.24, 2.45) is 5.92 Å². The smallest absolute Gasteiger partial charge is 0.264 e. The molecule has 0 aliphatic rings. The number of carbonyl (C=O) groups excluding carboxylic acids is 2. The third kappa shape index (κ3) is 9.25. The van der Waals surface area contributed by atoms with E-state index in [1.807, 2.05) is 20.8 Å². The molecule has 8 nitrogen and oxygen atoms in total. The SMILES string of the molecule is CCOc1ccc(N(CC(=O)N(Cc2ccc(Cl)c(Cl)c2)[C@H](CC)C(=O)NCC(C)C)S(=O)(=O)c2ccc(Cl)cc2)cc1. The molecule has 2 amide bonds. The summed E-state index contributed by atoms with van der Waals surface area (Å²) in [5.74, 6) is -0.169. The number of nitrogens with zero attached hydrogens (tertiary/aromatic N) is 2. The number of nitrogens with one attached hydrogen (secondary N) is 1. The highest BCUT2D eigenvalue weighted by Gasteiger charge is 2.34. The maximum absolute atomic E-state index is 14.2. The Labute approximate surface area is 268 Å². The van der Waals surface area contributed by atoms with Gasteiger partial charge in [-0.2, -0.15) is 0 Å². The molecule has 1 atom stereocenters. The number of rotatable bonds is 14. The van der Waals surface area contributed by atoms with E-state index in [1.165, 1.54) is 29.2 Å². The Balaban J connectivity index is 2.06. The maximum Gasteiger partial charge on any atom is 0.264 e. The molecule has 3 aromatic carbocycles. The zero-order valence-electron chi connectivity index (χ0n) is 24.5. The van der Waals surface area contributed by atoms with Crippen molar-refractivity contribution >= 4 is 62.3 Å². The molecule has 12 heteroatoms. The number of hydrogen-bond donors (Lipinski definition) is 1.